The summed E-state index contributed by atoms with van der Waals surface area (Å²) in [5.74, 6) is -0.470. The van der Waals surface area contributed by atoms with Crippen LogP contribution in [0.4, 0.5) is 0 Å². The second-order valence-electron chi connectivity index (χ2n) is 5.41. The van der Waals surface area contributed by atoms with Gasteiger partial charge >= 0.3 is 11.9 Å². The van der Waals surface area contributed by atoms with E-state index in [9.17, 15) is 9.59 Å². The van der Waals surface area contributed by atoms with Gasteiger partial charge < -0.3 is 14.2 Å². The monoisotopic (exact) mass is 322 g/mol. The highest BCUT2D eigenvalue weighted by molar-refractivity contribution is 5.70. The Labute approximate surface area is 137 Å². The molecule has 1 unspecified atom stereocenters. The van der Waals surface area contributed by atoms with Crippen molar-refractivity contribution in [3.63, 3.8) is 0 Å². The number of rotatable bonds is 11. The van der Waals surface area contributed by atoms with Crippen molar-refractivity contribution in [2.75, 3.05) is 13.7 Å². The van der Waals surface area contributed by atoms with Crippen LogP contribution in [0, 0.1) is 0 Å². The highest BCUT2D eigenvalue weighted by Crippen LogP contribution is 2.06. The van der Waals surface area contributed by atoms with Crippen LogP contribution in [0.25, 0.3) is 0 Å². The second-order valence-corrected chi connectivity index (χ2v) is 5.41. The largest absolute Gasteiger partial charge is 0.466 e. The lowest BCUT2D eigenvalue weighted by Crippen LogP contribution is -2.12. The van der Waals surface area contributed by atoms with Crippen molar-refractivity contribution in [3.05, 3.63) is 35.9 Å². The van der Waals surface area contributed by atoms with Gasteiger partial charge in [0.2, 0.25) is 0 Å². The molecule has 0 spiro atoms. The first kappa shape index (κ1) is 19.2. The fraction of sp³-hybridized carbons (Fsp3) is 0.556. The maximum absolute atomic E-state index is 11.6. The normalized spacial score (nSPS) is 11.7. The Kier molecular flexibility index (Phi) is 9.71. The second kappa shape index (κ2) is 11.7. The van der Waals surface area contributed by atoms with E-state index in [0.29, 0.717) is 45.3 Å². The minimum absolute atomic E-state index is 0.0854. The zero-order chi connectivity index (χ0) is 16.9. The zero-order valence-corrected chi connectivity index (χ0v) is 14.0. The quantitative estimate of drug-likeness (QED) is 0.462. The Bertz CT molecular complexity index is 458. The van der Waals surface area contributed by atoms with E-state index in [2.05, 4.69) is 0 Å². The summed E-state index contributed by atoms with van der Waals surface area (Å²) in [5, 5.41) is 0. The molecule has 1 atom stereocenters. The lowest BCUT2D eigenvalue weighted by atomic mass is 10.2. The molecule has 5 nitrogen and oxygen atoms in total. The van der Waals surface area contributed by atoms with Gasteiger partial charge in [0.15, 0.2) is 0 Å². The first-order chi connectivity index (χ1) is 11.1. The molecule has 1 rings (SSSR count). The van der Waals surface area contributed by atoms with Crippen LogP contribution in [0.1, 0.15) is 44.6 Å². The highest BCUT2D eigenvalue weighted by Gasteiger charge is 2.07. The predicted octanol–water partition coefficient (Wildman–Crippen LogP) is 3.26. The Hall–Kier alpha value is -1.88. The molecular weight excluding hydrogens is 296 g/mol. The van der Waals surface area contributed by atoms with Crippen LogP contribution in [-0.2, 0) is 30.4 Å². The number of hydrogen-bond donors (Lipinski definition) is 0. The Morgan fingerprint density at radius 3 is 2.22 bits per heavy atom. The molecule has 0 aromatic heterocycles. The molecule has 0 heterocycles. The summed E-state index contributed by atoms with van der Waals surface area (Å²) in [4.78, 5) is 23.1. The van der Waals surface area contributed by atoms with Crippen LogP contribution in [0.2, 0.25) is 0 Å². The van der Waals surface area contributed by atoms with Gasteiger partial charge in [0.25, 0.3) is 0 Å². The first-order valence-electron chi connectivity index (χ1n) is 7.99. The van der Waals surface area contributed by atoms with Gasteiger partial charge in [-0.3, -0.25) is 9.59 Å². The van der Waals surface area contributed by atoms with Crippen LogP contribution >= 0.6 is 0 Å². The smallest absolute Gasteiger partial charge is 0.306 e. The van der Waals surface area contributed by atoms with Crippen LogP contribution in [0.3, 0.4) is 0 Å². The van der Waals surface area contributed by atoms with Crippen LogP contribution in [0.5, 0.6) is 0 Å². The Morgan fingerprint density at radius 1 is 1.00 bits per heavy atom. The predicted molar refractivity (Wildman–Crippen MR) is 86.8 cm³/mol. The Balaban J connectivity index is 2.01. The van der Waals surface area contributed by atoms with Gasteiger partial charge in [0.05, 0.1) is 12.7 Å². The first-order valence-corrected chi connectivity index (χ1v) is 7.99. The van der Waals surface area contributed by atoms with Gasteiger partial charge in [-0.05, 0) is 25.3 Å². The van der Waals surface area contributed by atoms with Crippen molar-refractivity contribution in [1.82, 2.24) is 0 Å². The molecule has 0 aliphatic heterocycles. The zero-order valence-electron chi connectivity index (χ0n) is 14.0. The minimum Gasteiger partial charge on any atom is -0.466 e. The Morgan fingerprint density at radius 2 is 1.61 bits per heavy atom. The molecule has 5 heteroatoms. The van der Waals surface area contributed by atoms with Gasteiger partial charge in [-0.1, -0.05) is 30.3 Å². The van der Waals surface area contributed by atoms with Crippen LogP contribution in [-0.4, -0.2) is 31.8 Å². The molecule has 128 valence electrons. The third kappa shape index (κ3) is 9.68. The lowest BCUT2D eigenvalue weighted by Gasteiger charge is -2.09. The molecule has 0 saturated heterocycles. The maximum atomic E-state index is 11.6. The van der Waals surface area contributed by atoms with Crippen molar-refractivity contribution in [3.8, 4) is 0 Å². The van der Waals surface area contributed by atoms with Gasteiger partial charge in [-0.25, -0.2) is 0 Å². The summed E-state index contributed by atoms with van der Waals surface area (Å²) in [6.07, 6.45) is 2.67. The number of carbonyl (C=O) groups is 2. The number of carbonyl (C=O) groups excluding carboxylic acids is 2. The third-order valence-electron chi connectivity index (χ3n) is 3.44. The lowest BCUT2D eigenvalue weighted by molar-refractivity contribution is -0.147. The van der Waals surface area contributed by atoms with E-state index < -0.39 is 0 Å². The number of methoxy groups -OCH3 is 1. The van der Waals surface area contributed by atoms with Crippen molar-refractivity contribution >= 4 is 11.9 Å². The van der Waals surface area contributed by atoms with Gasteiger partial charge in [0.1, 0.15) is 6.61 Å². The summed E-state index contributed by atoms with van der Waals surface area (Å²) in [6.45, 7) is 2.58. The summed E-state index contributed by atoms with van der Waals surface area (Å²) in [7, 11) is 1.63. The summed E-state index contributed by atoms with van der Waals surface area (Å²) >= 11 is 0. The number of hydrogen-bond acceptors (Lipinski definition) is 5. The molecule has 1 aromatic carbocycles. The molecular formula is C18H26O5. The van der Waals surface area contributed by atoms with Gasteiger partial charge in [-0.15, -0.1) is 0 Å². The maximum Gasteiger partial charge on any atom is 0.306 e. The number of ether oxygens (including phenoxy) is 3. The van der Waals surface area contributed by atoms with Gasteiger partial charge in [-0.2, -0.15) is 0 Å². The van der Waals surface area contributed by atoms with E-state index in [4.69, 9.17) is 14.2 Å². The number of benzene rings is 1. The van der Waals surface area contributed by atoms with E-state index in [0.717, 1.165) is 5.56 Å². The molecule has 0 aliphatic carbocycles. The van der Waals surface area contributed by atoms with E-state index in [1.165, 1.54) is 0 Å². The molecule has 0 N–H and O–H groups in total. The van der Waals surface area contributed by atoms with Crippen LogP contribution in [0.15, 0.2) is 30.3 Å². The average molecular weight is 322 g/mol. The van der Waals surface area contributed by atoms with E-state index in [-0.39, 0.29) is 18.0 Å². The van der Waals surface area contributed by atoms with Crippen molar-refractivity contribution in [1.29, 1.82) is 0 Å². The van der Waals surface area contributed by atoms with E-state index in [1.54, 1.807) is 7.11 Å². The number of unbranched alkanes of at least 4 members (excludes halogenated alkanes) is 1. The summed E-state index contributed by atoms with van der Waals surface area (Å²) < 4.78 is 15.3. The molecule has 0 fully saturated rings. The highest BCUT2D eigenvalue weighted by atomic mass is 16.5. The fourth-order valence-corrected chi connectivity index (χ4v) is 1.88. The molecule has 23 heavy (non-hydrogen) atoms. The van der Waals surface area contributed by atoms with Crippen molar-refractivity contribution in [2.45, 2.75) is 51.7 Å². The van der Waals surface area contributed by atoms with Gasteiger partial charge in [0, 0.05) is 26.4 Å². The molecule has 0 amide bonds. The minimum atomic E-state index is -0.240. The van der Waals surface area contributed by atoms with E-state index >= 15 is 0 Å². The summed E-state index contributed by atoms with van der Waals surface area (Å²) in [6, 6.07) is 9.55. The topological polar surface area (TPSA) is 61.8 Å². The van der Waals surface area contributed by atoms with E-state index in [1.807, 2.05) is 37.3 Å². The number of esters is 2. The average Bonchev–Trinajstić information content (AvgIpc) is 2.57. The summed E-state index contributed by atoms with van der Waals surface area (Å²) in [5.41, 5.74) is 0.967. The fourth-order valence-electron chi connectivity index (χ4n) is 1.88. The molecule has 0 radical (unpaired) electrons. The van der Waals surface area contributed by atoms with Crippen LogP contribution < -0.4 is 0 Å². The molecule has 1 aromatic rings. The third-order valence-corrected chi connectivity index (χ3v) is 3.44. The van der Waals surface area contributed by atoms with Crippen molar-refractivity contribution in [2.24, 2.45) is 0 Å². The molecule has 0 bridgehead atoms. The standard InChI is InChI=1S/C18H26O5/c1-15(21-2)12-13-22-17(19)10-6-7-11-18(20)23-14-16-8-4-3-5-9-16/h3-5,8-9,15H,6-7,10-14H2,1-2H3. The molecule has 0 saturated carbocycles. The SMILES string of the molecule is COC(C)CCOC(=O)CCCCC(=O)OCc1ccccc1. The van der Waals surface area contributed by atoms with Crippen molar-refractivity contribution < 1.29 is 23.8 Å². The molecule has 0 aliphatic rings.